The maximum atomic E-state index is 13.0. The SMILES string of the molecule is CC(NC(=O)C1CC1c1ccc(F)cc1)c1ccc(-n2cncn2)cc1. The summed E-state index contributed by atoms with van der Waals surface area (Å²) in [6.45, 7) is 1.97. The van der Waals surface area contributed by atoms with E-state index in [0.717, 1.165) is 23.2 Å². The lowest BCUT2D eigenvalue weighted by molar-refractivity contribution is -0.123. The smallest absolute Gasteiger partial charge is 0.224 e. The van der Waals surface area contributed by atoms with E-state index in [1.807, 2.05) is 31.2 Å². The van der Waals surface area contributed by atoms with Crippen LogP contribution < -0.4 is 5.32 Å². The van der Waals surface area contributed by atoms with Crippen molar-refractivity contribution in [2.45, 2.75) is 25.3 Å². The molecule has 0 radical (unpaired) electrons. The molecule has 0 bridgehead atoms. The molecule has 132 valence electrons. The maximum absolute atomic E-state index is 13.0. The van der Waals surface area contributed by atoms with Crippen LogP contribution >= 0.6 is 0 Å². The molecule has 5 nitrogen and oxygen atoms in total. The zero-order valence-electron chi connectivity index (χ0n) is 14.3. The number of rotatable bonds is 5. The minimum atomic E-state index is -0.252. The molecule has 1 aliphatic carbocycles. The van der Waals surface area contributed by atoms with Crippen molar-refractivity contribution in [3.05, 3.63) is 78.1 Å². The Hall–Kier alpha value is -3.02. The second-order valence-electron chi connectivity index (χ2n) is 6.66. The van der Waals surface area contributed by atoms with E-state index in [1.54, 1.807) is 23.1 Å². The molecular weight excluding hydrogens is 331 g/mol. The van der Waals surface area contributed by atoms with E-state index in [1.165, 1.54) is 18.5 Å². The van der Waals surface area contributed by atoms with Gasteiger partial charge < -0.3 is 5.32 Å². The quantitative estimate of drug-likeness (QED) is 0.767. The molecule has 1 saturated carbocycles. The highest BCUT2D eigenvalue weighted by atomic mass is 19.1. The maximum Gasteiger partial charge on any atom is 0.224 e. The minimum absolute atomic E-state index is 0.0302. The van der Waals surface area contributed by atoms with E-state index in [4.69, 9.17) is 0 Å². The molecule has 26 heavy (non-hydrogen) atoms. The van der Waals surface area contributed by atoms with Crippen molar-refractivity contribution in [2.24, 2.45) is 5.92 Å². The second kappa shape index (κ2) is 6.71. The third kappa shape index (κ3) is 3.35. The molecule has 6 heteroatoms. The average molecular weight is 350 g/mol. The first-order valence-electron chi connectivity index (χ1n) is 8.62. The second-order valence-corrected chi connectivity index (χ2v) is 6.66. The van der Waals surface area contributed by atoms with Gasteiger partial charge in [0.25, 0.3) is 0 Å². The van der Waals surface area contributed by atoms with Gasteiger partial charge in [-0.3, -0.25) is 4.79 Å². The van der Waals surface area contributed by atoms with Crippen LogP contribution in [0.4, 0.5) is 4.39 Å². The summed E-state index contributed by atoms with van der Waals surface area (Å²) in [6.07, 6.45) is 3.95. The topological polar surface area (TPSA) is 59.8 Å². The Bertz CT molecular complexity index is 891. The number of nitrogens with zero attached hydrogens (tertiary/aromatic N) is 3. The molecule has 1 fully saturated rings. The summed E-state index contributed by atoms with van der Waals surface area (Å²) in [7, 11) is 0. The number of hydrogen-bond donors (Lipinski definition) is 1. The van der Waals surface area contributed by atoms with Crippen LogP contribution in [-0.4, -0.2) is 20.7 Å². The molecule has 3 unspecified atom stereocenters. The first-order valence-corrected chi connectivity index (χ1v) is 8.62. The normalized spacial score (nSPS) is 19.8. The van der Waals surface area contributed by atoms with Crippen molar-refractivity contribution in [3.8, 4) is 5.69 Å². The number of hydrogen-bond acceptors (Lipinski definition) is 3. The van der Waals surface area contributed by atoms with E-state index >= 15 is 0 Å². The van der Waals surface area contributed by atoms with Gasteiger partial charge in [0.1, 0.15) is 18.5 Å². The van der Waals surface area contributed by atoms with Gasteiger partial charge in [0.15, 0.2) is 0 Å². The van der Waals surface area contributed by atoms with E-state index in [-0.39, 0.29) is 29.6 Å². The number of aromatic nitrogens is 3. The molecule has 3 aromatic rings. The molecule has 4 rings (SSSR count). The molecule has 0 spiro atoms. The fourth-order valence-electron chi connectivity index (χ4n) is 3.22. The van der Waals surface area contributed by atoms with Gasteiger partial charge >= 0.3 is 0 Å². The Morgan fingerprint density at radius 1 is 1.19 bits per heavy atom. The van der Waals surface area contributed by atoms with Crippen molar-refractivity contribution < 1.29 is 9.18 Å². The molecule has 3 atom stereocenters. The highest BCUT2D eigenvalue weighted by Gasteiger charge is 2.44. The van der Waals surface area contributed by atoms with Crippen LogP contribution in [0.1, 0.15) is 36.4 Å². The summed E-state index contributed by atoms with van der Waals surface area (Å²) < 4.78 is 14.7. The predicted octanol–water partition coefficient (Wildman–Crippen LogP) is 3.39. The summed E-state index contributed by atoms with van der Waals surface area (Å²) in [5.41, 5.74) is 2.97. The molecule has 1 aliphatic rings. The van der Waals surface area contributed by atoms with Crippen LogP contribution in [0.3, 0.4) is 0 Å². The van der Waals surface area contributed by atoms with Gasteiger partial charge in [-0.15, -0.1) is 0 Å². The first-order chi connectivity index (χ1) is 12.6. The number of nitrogens with one attached hydrogen (secondary N) is 1. The Morgan fingerprint density at radius 2 is 1.92 bits per heavy atom. The van der Waals surface area contributed by atoms with Crippen LogP contribution in [0.25, 0.3) is 5.69 Å². The van der Waals surface area contributed by atoms with E-state index in [0.29, 0.717) is 0 Å². The Balaban J connectivity index is 1.37. The molecular formula is C20H19FN4O. The fraction of sp³-hybridized carbons (Fsp3) is 0.250. The zero-order chi connectivity index (χ0) is 18.1. The van der Waals surface area contributed by atoms with Gasteiger partial charge in [0.2, 0.25) is 5.91 Å². The highest BCUT2D eigenvalue weighted by molar-refractivity contribution is 5.83. The van der Waals surface area contributed by atoms with Crippen molar-refractivity contribution in [1.29, 1.82) is 0 Å². The molecule has 0 saturated heterocycles. The van der Waals surface area contributed by atoms with Gasteiger partial charge in [-0.25, -0.2) is 14.1 Å². The van der Waals surface area contributed by atoms with Crippen LogP contribution in [0.2, 0.25) is 0 Å². The lowest BCUT2D eigenvalue weighted by Crippen LogP contribution is -2.28. The zero-order valence-corrected chi connectivity index (χ0v) is 14.3. The van der Waals surface area contributed by atoms with Crippen LogP contribution in [-0.2, 0) is 4.79 Å². The number of halogens is 1. The van der Waals surface area contributed by atoms with Crippen LogP contribution in [0.5, 0.6) is 0 Å². The lowest BCUT2D eigenvalue weighted by Gasteiger charge is -2.15. The number of carbonyl (C=O) groups excluding carboxylic acids is 1. The number of benzene rings is 2. The van der Waals surface area contributed by atoms with E-state index in [2.05, 4.69) is 15.4 Å². The molecule has 1 heterocycles. The van der Waals surface area contributed by atoms with Gasteiger partial charge in [-0.1, -0.05) is 24.3 Å². The average Bonchev–Trinajstić information content (AvgIpc) is 3.27. The van der Waals surface area contributed by atoms with Crippen LogP contribution in [0, 0.1) is 11.7 Å². The van der Waals surface area contributed by atoms with Gasteiger partial charge in [0, 0.05) is 5.92 Å². The molecule has 0 aliphatic heterocycles. The van der Waals surface area contributed by atoms with Gasteiger partial charge in [-0.2, -0.15) is 5.10 Å². The van der Waals surface area contributed by atoms with Crippen molar-refractivity contribution in [2.75, 3.05) is 0 Å². The molecule has 1 N–H and O–H groups in total. The predicted molar refractivity (Wildman–Crippen MR) is 95.2 cm³/mol. The highest BCUT2D eigenvalue weighted by Crippen LogP contribution is 2.47. The number of amides is 1. The van der Waals surface area contributed by atoms with Crippen molar-refractivity contribution in [3.63, 3.8) is 0 Å². The standard InChI is InChI=1S/C20H19FN4O/c1-13(14-4-8-17(9-5-14)25-12-22-11-23-25)24-20(26)19-10-18(19)15-2-6-16(21)7-3-15/h2-9,11-13,18-19H,10H2,1H3,(H,24,26). The third-order valence-corrected chi connectivity index (χ3v) is 4.86. The summed E-state index contributed by atoms with van der Waals surface area (Å²) in [5, 5.41) is 7.17. The molecule has 2 aromatic carbocycles. The lowest BCUT2D eigenvalue weighted by atomic mass is 10.1. The van der Waals surface area contributed by atoms with Gasteiger partial charge in [0.05, 0.1) is 11.7 Å². The Kier molecular flexibility index (Phi) is 4.24. The third-order valence-electron chi connectivity index (χ3n) is 4.86. The molecule has 1 amide bonds. The van der Waals surface area contributed by atoms with Crippen molar-refractivity contribution in [1.82, 2.24) is 20.1 Å². The summed E-state index contributed by atoms with van der Waals surface area (Å²) in [6, 6.07) is 14.2. The van der Waals surface area contributed by atoms with E-state index < -0.39 is 0 Å². The number of carbonyl (C=O) groups is 1. The first kappa shape index (κ1) is 16.4. The summed E-state index contributed by atoms with van der Waals surface area (Å²) >= 11 is 0. The Morgan fingerprint density at radius 3 is 2.58 bits per heavy atom. The van der Waals surface area contributed by atoms with Gasteiger partial charge in [-0.05, 0) is 54.7 Å². The van der Waals surface area contributed by atoms with Crippen LogP contribution in [0.15, 0.2) is 61.2 Å². The minimum Gasteiger partial charge on any atom is -0.349 e. The summed E-state index contributed by atoms with van der Waals surface area (Å²) in [5.74, 6) is -0.0413. The largest absolute Gasteiger partial charge is 0.349 e. The molecule has 1 aromatic heterocycles. The van der Waals surface area contributed by atoms with Crippen molar-refractivity contribution >= 4 is 5.91 Å². The fourth-order valence-corrected chi connectivity index (χ4v) is 3.22. The Labute approximate surface area is 150 Å². The van der Waals surface area contributed by atoms with E-state index in [9.17, 15) is 9.18 Å². The summed E-state index contributed by atoms with van der Waals surface area (Å²) in [4.78, 5) is 16.4. The monoisotopic (exact) mass is 350 g/mol.